The van der Waals surface area contributed by atoms with Crippen molar-refractivity contribution in [3.05, 3.63) is 38.7 Å². The van der Waals surface area contributed by atoms with E-state index in [9.17, 15) is 4.39 Å². The molecule has 1 rings (SSSR count). The van der Waals surface area contributed by atoms with Crippen LogP contribution in [-0.2, 0) is 0 Å². The van der Waals surface area contributed by atoms with Crippen molar-refractivity contribution in [1.82, 2.24) is 0 Å². The van der Waals surface area contributed by atoms with Crippen LogP contribution < -0.4 is 5.32 Å². The van der Waals surface area contributed by atoms with Crippen LogP contribution in [0.25, 0.3) is 0 Å². The van der Waals surface area contributed by atoms with E-state index in [1.54, 1.807) is 18.2 Å². The van der Waals surface area contributed by atoms with Crippen LogP contribution in [0.1, 0.15) is 0 Å². The van der Waals surface area contributed by atoms with Crippen LogP contribution in [0.4, 0.5) is 10.1 Å². The van der Waals surface area contributed by atoms with Crippen molar-refractivity contribution in [3.8, 4) is 18.2 Å². The van der Waals surface area contributed by atoms with Crippen LogP contribution >= 0.6 is 27.5 Å². The highest BCUT2D eigenvalue weighted by atomic mass is 79.9. The Labute approximate surface area is 116 Å². The van der Waals surface area contributed by atoms with Crippen LogP contribution in [0.3, 0.4) is 0 Å². The van der Waals surface area contributed by atoms with E-state index in [-0.39, 0.29) is 20.9 Å². The maximum atomic E-state index is 13.3. The molecule has 1 aromatic rings. The Balaban J connectivity index is 3.26. The van der Waals surface area contributed by atoms with Gasteiger partial charge in [0.25, 0.3) is 0 Å². The number of halogens is 3. The van der Waals surface area contributed by atoms with Crippen molar-refractivity contribution in [2.75, 3.05) is 5.32 Å². The van der Waals surface area contributed by atoms with E-state index in [1.807, 2.05) is 0 Å². The van der Waals surface area contributed by atoms with Gasteiger partial charge in [-0.2, -0.15) is 15.8 Å². The molecule has 0 unspecified atom stereocenters. The third kappa shape index (κ3) is 2.99. The molecule has 0 aliphatic heterocycles. The molecule has 18 heavy (non-hydrogen) atoms. The van der Waals surface area contributed by atoms with E-state index in [2.05, 4.69) is 21.2 Å². The second-order valence-electron chi connectivity index (χ2n) is 2.96. The van der Waals surface area contributed by atoms with Gasteiger partial charge in [0.15, 0.2) is 5.57 Å². The Hall–Kier alpha value is -2.07. The monoisotopic (exact) mass is 324 g/mol. The molecule has 7 heteroatoms. The number of rotatable bonds is 2. The van der Waals surface area contributed by atoms with Crippen molar-refractivity contribution in [2.45, 2.75) is 0 Å². The highest BCUT2D eigenvalue weighted by Crippen LogP contribution is 2.29. The Kier molecular flexibility index (Phi) is 4.68. The molecule has 0 amide bonds. The lowest BCUT2D eigenvalue weighted by molar-refractivity contribution is 0.622. The minimum absolute atomic E-state index is 0.0944. The molecule has 0 saturated carbocycles. The van der Waals surface area contributed by atoms with Crippen molar-refractivity contribution in [1.29, 1.82) is 15.8 Å². The minimum Gasteiger partial charge on any atom is -0.344 e. The molecule has 0 fully saturated rings. The summed E-state index contributed by atoms with van der Waals surface area (Å²) in [5.41, 5.74) is -0.600. The van der Waals surface area contributed by atoms with Crippen molar-refractivity contribution >= 4 is 33.2 Å². The highest BCUT2D eigenvalue weighted by molar-refractivity contribution is 9.10. The maximum Gasteiger partial charge on any atom is 0.163 e. The summed E-state index contributed by atoms with van der Waals surface area (Å²) in [6, 6.07) is 7.11. The van der Waals surface area contributed by atoms with Gasteiger partial charge in [-0.1, -0.05) is 11.6 Å². The number of hydrogen-bond acceptors (Lipinski definition) is 4. The fraction of sp³-hybridized carbons (Fsp3) is 0. The molecule has 88 valence electrons. The Bertz CT molecular complexity index is 633. The van der Waals surface area contributed by atoms with Crippen LogP contribution in [0.5, 0.6) is 0 Å². The number of nitriles is 3. The number of hydrogen-bond donors (Lipinski definition) is 1. The number of allylic oxidation sites excluding steroid dienone is 2. The molecule has 0 aliphatic carbocycles. The third-order valence-electron chi connectivity index (χ3n) is 1.86. The van der Waals surface area contributed by atoms with E-state index in [0.717, 1.165) is 6.07 Å². The zero-order chi connectivity index (χ0) is 13.7. The standard InChI is InChI=1S/C11H3BrClFN4/c12-7-1-8(13)10(2-9(7)14)18-11(5-17)6(3-15)4-16/h1-2,18H. The smallest absolute Gasteiger partial charge is 0.163 e. The number of nitrogens with one attached hydrogen (secondary N) is 1. The number of benzene rings is 1. The summed E-state index contributed by atoms with van der Waals surface area (Å²) >= 11 is 8.79. The number of nitrogens with zero attached hydrogens (tertiary/aromatic N) is 3. The minimum atomic E-state index is -0.588. The van der Waals surface area contributed by atoms with E-state index in [0.29, 0.717) is 0 Å². The van der Waals surface area contributed by atoms with Crippen LogP contribution in [0.15, 0.2) is 27.9 Å². The zero-order valence-electron chi connectivity index (χ0n) is 8.63. The predicted molar refractivity (Wildman–Crippen MR) is 66.6 cm³/mol. The quantitative estimate of drug-likeness (QED) is 0.666. The molecule has 0 heterocycles. The van der Waals surface area contributed by atoms with Gasteiger partial charge in [-0.15, -0.1) is 0 Å². The highest BCUT2D eigenvalue weighted by Gasteiger charge is 2.11. The largest absolute Gasteiger partial charge is 0.344 e. The van der Waals surface area contributed by atoms with Gasteiger partial charge in [0.2, 0.25) is 0 Å². The normalized spacial score (nSPS) is 8.67. The summed E-state index contributed by atoms with van der Waals surface area (Å²) in [5.74, 6) is -0.588. The molecule has 1 aromatic carbocycles. The molecule has 1 N–H and O–H groups in total. The molecular formula is C11H3BrClFN4. The third-order valence-corrected chi connectivity index (χ3v) is 2.78. The summed E-state index contributed by atoms with van der Waals surface area (Å²) in [5, 5.41) is 28.7. The molecule has 0 radical (unpaired) electrons. The first-order valence-electron chi connectivity index (χ1n) is 4.39. The Morgan fingerprint density at radius 2 is 1.83 bits per heavy atom. The Morgan fingerprint density at radius 3 is 2.33 bits per heavy atom. The van der Waals surface area contributed by atoms with Gasteiger partial charge in [0.05, 0.1) is 15.2 Å². The summed E-state index contributed by atoms with van der Waals surface area (Å²) in [4.78, 5) is 0. The molecule has 0 atom stereocenters. The summed E-state index contributed by atoms with van der Waals surface area (Å²) in [6.45, 7) is 0. The molecule has 4 nitrogen and oxygen atoms in total. The van der Waals surface area contributed by atoms with Gasteiger partial charge in [-0.3, -0.25) is 0 Å². The lowest BCUT2D eigenvalue weighted by atomic mass is 10.2. The average molecular weight is 326 g/mol. The fourth-order valence-corrected chi connectivity index (χ4v) is 1.72. The SMILES string of the molecule is N#CC(C#N)=C(C#N)Nc1cc(F)c(Br)cc1Cl. The molecule has 0 aromatic heterocycles. The van der Waals surface area contributed by atoms with Crippen molar-refractivity contribution in [3.63, 3.8) is 0 Å². The lowest BCUT2D eigenvalue weighted by Crippen LogP contribution is -2.01. The van der Waals surface area contributed by atoms with E-state index >= 15 is 0 Å². The molecule has 0 aliphatic rings. The molecular weight excluding hydrogens is 323 g/mol. The van der Waals surface area contributed by atoms with E-state index < -0.39 is 11.4 Å². The van der Waals surface area contributed by atoms with Crippen LogP contribution in [0.2, 0.25) is 5.02 Å². The predicted octanol–water partition coefficient (Wildman–Crippen LogP) is 3.48. The summed E-state index contributed by atoms with van der Waals surface area (Å²) in [6.07, 6.45) is 0. The summed E-state index contributed by atoms with van der Waals surface area (Å²) < 4.78 is 13.5. The van der Waals surface area contributed by atoms with Gasteiger partial charge in [-0.05, 0) is 22.0 Å². The second kappa shape index (κ2) is 6.02. The Morgan fingerprint density at radius 1 is 1.22 bits per heavy atom. The first kappa shape index (κ1) is 14.0. The zero-order valence-corrected chi connectivity index (χ0v) is 11.0. The number of anilines is 1. The van der Waals surface area contributed by atoms with Gasteiger partial charge < -0.3 is 5.32 Å². The van der Waals surface area contributed by atoms with Gasteiger partial charge >= 0.3 is 0 Å². The van der Waals surface area contributed by atoms with E-state index in [1.165, 1.54) is 6.07 Å². The topological polar surface area (TPSA) is 83.4 Å². The maximum absolute atomic E-state index is 13.3. The second-order valence-corrected chi connectivity index (χ2v) is 4.22. The van der Waals surface area contributed by atoms with Gasteiger partial charge in [0.1, 0.15) is 29.7 Å². The molecule has 0 saturated heterocycles. The van der Waals surface area contributed by atoms with Gasteiger partial charge in [0, 0.05) is 6.07 Å². The van der Waals surface area contributed by atoms with Crippen LogP contribution in [-0.4, -0.2) is 0 Å². The lowest BCUT2D eigenvalue weighted by Gasteiger charge is -2.07. The summed E-state index contributed by atoms with van der Waals surface area (Å²) in [7, 11) is 0. The molecule has 0 bridgehead atoms. The van der Waals surface area contributed by atoms with Crippen molar-refractivity contribution in [2.24, 2.45) is 0 Å². The first-order chi connectivity index (χ1) is 8.53. The van der Waals surface area contributed by atoms with Gasteiger partial charge in [-0.25, -0.2) is 4.39 Å². The average Bonchev–Trinajstić information content (AvgIpc) is 2.35. The fourth-order valence-electron chi connectivity index (χ4n) is 1.04. The van der Waals surface area contributed by atoms with E-state index in [4.69, 9.17) is 27.4 Å². The van der Waals surface area contributed by atoms with Crippen molar-refractivity contribution < 1.29 is 4.39 Å². The first-order valence-corrected chi connectivity index (χ1v) is 5.56. The molecule has 0 spiro atoms. The van der Waals surface area contributed by atoms with Crippen LogP contribution in [0, 0.1) is 39.8 Å².